The predicted octanol–water partition coefficient (Wildman–Crippen LogP) is 2.57. The summed E-state index contributed by atoms with van der Waals surface area (Å²) in [5.41, 5.74) is -0.143. The van der Waals surface area contributed by atoms with Crippen LogP contribution in [0, 0.1) is 11.8 Å². The average Bonchev–Trinajstić information content (AvgIpc) is 2.81. The van der Waals surface area contributed by atoms with Crippen molar-refractivity contribution >= 4 is 14.3 Å². The highest BCUT2D eigenvalue weighted by atomic mass is 28.4. The summed E-state index contributed by atoms with van der Waals surface area (Å²) in [6, 6.07) is 0. The zero-order valence-electron chi connectivity index (χ0n) is 10.7. The molecule has 0 aliphatic heterocycles. The number of fused-ring (bicyclic) bond motifs is 1. The smallest absolute Gasteiger partial charge is 0.311 e. The van der Waals surface area contributed by atoms with E-state index in [1.807, 2.05) is 0 Å². The zero-order chi connectivity index (χ0) is 12.0. The lowest BCUT2D eigenvalue weighted by Gasteiger charge is -2.30. The van der Waals surface area contributed by atoms with Gasteiger partial charge in [-0.3, -0.25) is 4.79 Å². The molecule has 0 aromatic carbocycles. The summed E-state index contributed by atoms with van der Waals surface area (Å²) in [4.78, 5) is 11.7. The third-order valence-corrected chi connectivity index (χ3v) is 4.72. The molecule has 0 amide bonds. The van der Waals surface area contributed by atoms with Gasteiger partial charge in [-0.25, -0.2) is 0 Å². The summed E-state index contributed by atoms with van der Waals surface area (Å²) in [5.74, 6) is 0.386. The van der Waals surface area contributed by atoms with Crippen LogP contribution in [-0.2, 0) is 14.0 Å². The SMILES string of the molecule is COC(=O)C1C2CCCCC21O[Si](C)(C)C. The van der Waals surface area contributed by atoms with Gasteiger partial charge >= 0.3 is 5.97 Å². The first kappa shape index (κ1) is 12.1. The van der Waals surface area contributed by atoms with Crippen molar-refractivity contribution in [1.82, 2.24) is 0 Å². The van der Waals surface area contributed by atoms with Crippen LogP contribution in [0.1, 0.15) is 25.7 Å². The van der Waals surface area contributed by atoms with Crippen LogP contribution in [0.5, 0.6) is 0 Å². The minimum absolute atomic E-state index is 0.0201. The Labute approximate surface area is 98.6 Å². The Kier molecular flexibility index (Phi) is 2.91. The number of methoxy groups -OCH3 is 1. The van der Waals surface area contributed by atoms with E-state index >= 15 is 0 Å². The van der Waals surface area contributed by atoms with Crippen LogP contribution < -0.4 is 0 Å². The van der Waals surface area contributed by atoms with E-state index in [9.17, 15) is 4.79 Å². The molecular formula is C12H22O3Si. The minimum Gasteiger partial charge on any atom is -0.469 e. The quantitative estimate of drug-likeness (QED) is 0.563. The molecular weight excluding hydrogens is 220 g/mol. The van der Waals surface area contributed by atoms with Gasteiger partial charge in [-0.05, 0) is 32.5 Å². The van der Waals surface area contributed by atoms with E-state index in [4.69, 9.17) is 9.16 Å². The Hall–Kier alpha value is -0.353. The topological polar surface area (TPSA) is 35.5 Å². The van der Waals surface area contributed by atoms with Gasteiger partial charge in [0.15, 0.2) is 8.32 Å². The summed E-state index contributed by atoms with van der Waals surface area (Å²) >= 11 is 0. The van der Waals surface area contributed by atoms with Crippen molar-refractivity contribution in [1.29, 1.82) is 0 Å². The summed E-state index contributed by atoms with van der Waals surface area (Å²) in [7, 11) is -0.102. The minimum atomic E-state index is -1.58. The maximum atomic E-state index is 11.7. The lowest BCUT2D eigenvalue weighted by atomic mass is 9.98. The Morgan fingerprint density at radius 2 is 2.00 bits per heavy atom. The van der Waals surface area contributed by atoms with Crippen molar-refractivity contribution in [2.24, 2.45) is 11.8 Å². The Balaban J connectivity index is 2.14. The lowest BCUT2D eigenvalue weighted by molar-refractivity contribution is -0.143. The molecule has 3 nitrogen and oxygen atoms in total. The Morgan fingerprint density at radius 3 is 2.56 bits per heavy atom. The number of hydrogen-bond donors (Lipinski definition) is 0. The van der Waals surface area contributed by atoms with Crippen LogP contribution in [0.2, 0.25) is 19.6 Å². The molecule has 2 rings (SSSR count). The highest BCUT2D eigenvalue weighted by molar-refractivity contribution is 6.69. The molecule has 2 aliphatic rings. The van der Waals surface area contributed by atoms with E-state index < -0.39 is 8.32 Å². The fourth-order valence-corrected chi connectivity index (χ4v) is 4.78. The van der Waals surface area contributed by atoms with Crippen molar-refractivity contribution < 1.29 is 14.0 Å². The van der Waals surface area contributed by atoms with E-state index in [0.717, 1.165) is 12.8 Å². The second-order valence-corrected chi connectivity index (χ2v) is 10.5. The summed E-state index contributed by atoms with van der Waals surface area (Å²) in [5, 5.41) is 0. The van der Waals surface area contributed by atoms with Gasteiger partial charge in [-0.15, -0.1) is 0 Å². The van der Waals surface area contributed by atoms with Crippen molar-refractivity contribution in [2.45, 2.75) is 50.9 Å². The maximum absolute atomic E-state index is 11.7. The predicted molar refractivity (Wildman–Crippen MR) is 64.6 cm³/mol. The van der Waals surface area contributed by atoms with Gasteiger partial charge in [0.2, 0.25) is 0 Å². The summed E-state index contributed by atoms with van der Waals surface area (Å²) in [6.07, 6.45) is 4.59. The number of hydrogen-bond acceptors (Lipinski definition) is 3. The third-order valence-electron chi connectivity index (χ3n) is 3.73. The fraction of sp³-hybridized carbons (Fsp3) is 0.917. The first-order valence-electron chi connectivity index (χ1n) is 6.19. The molecule has 0 radical (unpaired) electrons. The van der Waals surface area contributed by atoms with Gasteiger partial charge in [-0.1, -0.05) is 12.8 Å². The molecule has 2 aliphatic carbocycles. The van der Waals surface area contributed by atoms with Crippen molar-refractivity contribution in [3.8, 4) is 0 Å². The molecule has 4 heteroatoms. The molecule has 3 unspecified atom stereocenters. The molecule has 0 aromatic rings. The van der Waals surface area contributed by atoms with E-state index in [0.29, 0.717) is 5.92 Å². The van der Waals surface area contributed by atoms with Crippen LogP contribution in [-0.4, -0.2) is 27.0 Å². The van der Waals surface area contributed by atoms with Crippen LogP contribution in [0.25, 0.3) is 0 Å². The fourth-order valence-electron chi connectivity index (χ4n) is 3.26. The molecule has 2 fully saturated rings. The van der Waals surface area contributed by atoms with Gasteiger partial charge in [0, 0.05) is 5.92 Å². The Morgan fingerprint density at radius 1 is 1.31 bits per heavy atom. The van der Waals surface area contributed by atoms with Gasteiger partial charge < -0.3 is 9.16 Å². The molecule has 92 valence electrons. The highest BCUT2D eigenvalue weighted by Crippen LogP contribution is 2.62. The van der Waals surface area contributed by atoms with E-state index in [-0.39, 0.29) is 17.5 Å². The molecule has 16 heavy (non-hydrogen) atoms. The molecule has 0 saturated heterocycles. The van der Waals surface area contributed by atoms with Crippen molar-refractivity contribution in [2.75, 3.05) is 7.11 Å². The average molecular weight is 242 g/mol. The normalized spacial score (nSPS) is 37.8. The second-order valence-electron chi connectivity index (χ2n) is 6.02. The highest BCUT2D eigenvalue weighted by Gasteiger charge is 2.70. The maximum Gasteiger partial charge on any atom is 0.311 e. The monoisotopic (exact) mass is 242 g/mol. The molecule has 3 atom stereocenters. The van der Waals surface area contributed by atoms with Crippen LogP contribution in [0.15, 0.2) is 0 Å². The molecule has 0 heterocycles. The number of carbonyl (C=O) groups is 1. The summed E-state index contributed by atoms with van der Waals surface area (Å²) < 4.78 is 11.2. The Bertz CT molecular complexity index is 297. The van der Waals surface area contributed by atoms with Crippen LogP contribution >= 0.6 is 0 Å². The van der Waals surface area contributed by atoms with Crippen molar-refractivity contribution in [3.63, 3.8) is 0 Å². The van der Waals surface area contributed by atoms with E-state index in [2.05, 4.69) is 19.6 Å². The first-order valence-corrected chi connectivity index (χ1v) is 9.59. The standard InChI is InChI=1S/C12H22O3Si/c1-14-11(13)10-9-7-5-6-8-12(9,10)15-16(2,3)4/h9-10H,5-8H2,1-4H3. The largest absolute Gasteiger partial charge is 0.469 e. The third kappa shape index (κ3) is 1.93. The molecule has 2 saturated carbocycles. The van der Waals surface area contributed by atoms with E-state index in [1.165, 1.54) is 20.0 Å². The zero-order valence-corrected chi connectivity index (χ0v) is 11.7. The summed E-state index contributed by atoms with van der Waals surface area (Å²) in [6.45, 7) is 6.58. The number of esters is 1. The van der Waals surface area contributed by atoms with Crippen LogP contribution in [0.4, 0.5) is 0 Å². The van der Waals surface area contributed by atoms with Gasteiger partial charge in [-0.2, -0.15) is 0 Å². The lowest BCUT2D eigenvalue weighted by Crippen LogP contribution is -2.37. The first-order chi connectivity index (χ1) is 7.41. The molecule has 0 N–H and O–H groups in total. The van der Waals surface area contributed by atoms with Gasteiger partial charge in [0.05, 0.1) is 18.6 Å². The molecule has 0 spiro atoms. The number of carbonyl (C=O) groups excluding carboxylic acids is 1. The van der Waals surface area contributed by atoms with E-state index in [1.54, 1.807) is 0 Å². The van der Waals surface area contributed by atoms with Crippen LogP contribution in [0.3, 0.4) is 0 Å². The van der Waals surface area contributed by atoms with Gasteiger partial charge in [0.1, 0.15) is 0 Å². The molecule has 0 bridgehead atoms. The molecule has 0 aromatic heterocycles. The number of rotatable bonds is 3. The number of ether oxygens (including phenoxy) is 1. The van der Waals surface area contributed by atoms with Gasteiger partial charge in [0.25, 0.3) is 0 Å². The van der Waals surface area contributed by atoms with Crippen molar-refractivity contribution in [3.05, 3.63) is 0 Å². The second kappa shape index (κ2) is 3.84.